The van der Waals surface area contributed by atoms with Gasteiger partial charge < -0.3 is 5.32 Å². The standard InChI is InChI=1S/C26H19N5O3S/c32-26(18-7-3-1-4-8-18)30-25-17-28-23-12-11-19(14-24(23)29-25)20-13-21(16-27-15-20)31-35(33,34)22-9-5-2-6-10-22/h1-17,31H,(H,29,30,32). The lowest BCUT2D eigenvalue weighted by Gasteiger charge is -2.10. The molecule has 2 aromatic heterocycles. The number of anilines is 2. The SMILES string of the molecule is O=C(Nc1cnc2ccc(-c3cncc(NS(=O)(=O)c4ccccc4)c3)cc2n1)c1ccccc1. The molecule has 35 heavy (non-hydrogen) atoms. The lowest BCUT2D eigenvalue weighted by atomic mass is 10.1. The number of amides is 1. The van der Waals surface area contributed by atoms with Gasteiger partial charge in [-0.05, 0) is 48.0 Å². The number of nitrogens with one attached hydrogen (secondary N) is 2. The summed E-state index contributed by atoms with van der Waals surface area (Å²) < 4.78 is 27.9. The molecule has 0 fully saturated rings. The molecular formula is C26H19N5O3S. The van der Waals surface area contributed by atoms with Crippen LogP contribution in [0.3, 0.4) is 0 Å². The summed E-state index contributed by atoms with van der Waals surface area (Å²) >= 11 is 0. The van der Waals surface area contributed by atoms with Gasteiger partial charge in [0.05, 0.1) is 34.0 Å². The molecular weight excluding hydrogens is 462 g/mol. The second-order valence-electron chi connectivity index (χ2n) is 7.66. The first-order valence-corrected chi connectivity index (χ1v) is 12.1. The normalized spacial score (nSPS) is 11.2. The monoisotopic (exact) mass is 481 g/mol. The van der Waals surface area contributed by atoms with E-state index >= 15 is 0 Å². The average Bonchev–Trinajstić information content (AvgIpc) is 2.89. The lowest BCUT2D eigenvalue weighted by Crippen LogP contribution is -2.13. The molecule has 2 N–H and O–H groups in total. The molecule has 8 nitrogen and oxygen atoms in total. The predicted octanol–water partition coefficient (Wildman–Crippen LogP) is 4.74. The number of carbonyl (C=O) groups excluding carboxylic acids is 1. The summed E-state index contributed by atoms with van der Waals surface area (Å²) in [5.74, 6) is 0.0454. The van der Waals surface area contributed by atoms with Crippen molar-refractivity contribution in [2.24, 2.45) is 0 Å². The second kappa shape index (κ2) is 9.32. The average molecular weight is 482 g/mol. The Morgan fingerprint density at radius 3 is 2.26 bits per heavy atom. The zero-order valence-corrected chi connectivity index (χ0v) is 19.1. The first-order valence-electron chi connectivity index (χ1n) is 10.6. The number of sulfonamides is 1. The van der Waals surface area contributed by atoms with Crippen LogP contribution in [0.15, 0.2) is 108 Å². The van der Waals surface area contributed by atoms with E-state index in [-0.39, 0.29) is 10.8 Å². The third kappa shape index (κ3) is 4.99. The van der Waals surface area contributed by atoms with Crippen molar-refractivity contribution in [1.82, 2.24) is 15.0 Å². The lowest BCUT2D eigenvalue weighted by molar-refractivity contribution is 0.102. The molecule has 0 bridgehead atoms. The van der Waals surface area contributed by atoms with Crippen molar-refractivity contribution in [3.8, 4) is 11.1 Å². The smallest absolute Gasteiger partial charge is 0.261 e. The van der Waals surface area contributed by atoms with Crippen molar-refractivity contribution in [3.63, 3.8) is 0 Å². The molecule has 0 radical (unpaired) electrons. The van der Waals surface area contributed by atoms with E-state index in [4.69, 9.17) is 0 Å². The van der Waals surface area contributed by atoms with Crippen LogP contribution < -0.4 is 10.0 Å². The maximum absolute atomic E-state index is 12.7. The first kappa shape index (κ1) is 22.2. The van der Waals surface area contributed by atoms with Crippen molar-refractivity contribution < 1.29 is 13.2 Å². The summed E-state index contributed by atoms with van der Waals surface area (Å²) in [7, 11) is -3.74. The van der Waals surface area contributed by atoms with Crippen LogP contribution in [-0.2, 0) is 10.0 Å². The van der Waals surface area contributed by atoms with Crippen molar-refractivity contribution in [3.05, 3.63) is 109 Å². The number of benzene rings is 3. The van der Waals surface area contributed by atoms with Gasteiger partial charge in [0.1, 0.15) is 0 Å². The molecule has 0 saturated heterocycles. The molecule has 0 atom stereocenters. The molecule has 0 unspecified atom stereocenters. The minimum absolute atomic E-state index is 0.163. The van der Waals surface area contributed by atoms with Crippen molar-refractivity contribution >= 4 is 38.5 Å². The van der Waals surface area contributed by atoms with Crippen LogP contribution in [0, 0.1) is 0 Å². The molecule has 0 saturated carbocycles. The van der Waals surface area contributed by atoms with Crippen molar-refractivity contribution in [2.45, 2.75) is 4.90 Å². The Hall–Kier alpha value is -4.63. The van der Waals surface area contributed by atoms with Gasteiger partial charge in [-0.2, -0.15) is 0 Å². The minimum Gasteiger partial charge on any atom is -0.305 e. The fourth-order valence-electron chi connectivity index (χ4n) is 3.50. The summed E-state index contributed by atoms with van der Waals surface area (Å²) in [6.07, 6.45) is 4.58. The number of carbonyl (C=O) groups is 1. The van der Waals surface area contributed by atoms with E-state index in [2.05, 4.69) is 25.0 Å². The predicted molar refractivity (Wildman–Crippen MR) is 134 cm³/mol. The quantitative estimate of drug-likeness (QED) is 0.362. The topological polar surface area (TPSA) is 114 Å². The van der Waals surface area contributed by atoms with Gasteiger partial charge in [-0.25, -0.2) is 13.4 Å². The van der Waals surface area contributed by atoms with E-state index in [1.54, 1.807) is 60.8 Å². The zero-order chi connectivity index (χ0) is 24.3. The van der Waals surface area contributed by atoms with E-state index in [1.165, 1.54) is 24.5 Å². The number of nitrogens with zero attached hydrogens (tertiary/aromatic N) is 3. The van der Waals surface area contributed by atoms with Crippen LogP contribution in [-0.4, -0.2) is 29.3 Å². The van der Waals surface area contributed by atoms with Gasteiger partial charge in [0.25, 0.3) is 15.9 Å². The molecule has 9 heteroatoms. The fraction of sp³-hybridized carbons (Fsp3) is 0. The maximum atomic E-state index is 12.7. The van der Waals surface area contributed by atoms with Gasteiger partial charge in [0, 0.05) is 17.3 Å². The van der Waals surface area contributed by atoms with E-state index in [0.717, 1.165) is 5.56 Å². The number of hydrogen-bond acceptors (Lipinski definition) is 6. The van der Waals surface area contributed by atoms with Gasteiger partial charge >= 0.3 is 0 Å². The highest BCUT2D eigenvalue weighted by molar-refractivity contribution is 7.92. The van der Waals surface area contributed by atoms with E-state index in [1.807, 2.05) is 18.2 Å². The van der Waals surface area contributed by atoms with Crippen LogP contribution >= 0.6 is 0 Å². The fourth-order valence-corrected chi connectivity index (χ4v) is 4.55. The van der Waals surface area contributed by atoms with Gasteiger partial charge in [0.15, 0.2) is 5.82 Å². The van der Waals surface area contributed by atoms with Crippen LogP contribution in [0.1, 0.15) is 10.4 Å². The Morgan fingerprint density at radius 1 is 0.743 bits per heavy atom. The van der Waals surface area contributed by atoms with Gasteiger partial charge in [0.2, 0.25) is 0 Å². The maximum Gasteiger partial charge on any atom is 0.261 e. The van der Waals surface area contributed by atoms with E-state index < -0.39 is 10.0 Å². The van der Waals surface area contributed by atoms with Crippen LogP contribution in [0.4, 0.5) is 11.5 Å². The molecule has 0 aliphatic heterocycles. The number of fused-ring (bicyclic) bond motifs is 1. The summed E-state index contributed by atoms with van der Waals surface area (Å²) in [6, 6.07) is 24.1. The molecule has 172 valence electrons. The van der Waals surface area contributed by atoms with Crippen LogP contribution in [0.2, 0.25) is 0 Å². The third-order valence-electron chi connectivity index (χ3n) is 5.20. The first-order chi connectivity index (χ1) is 17.0. The summed E-state index contributed by atoms with van der Waals surface area (Å²) in [4.78, 5) is 25.7. The number of aromatic nitrogens is 3. The number of hydrogen-bond donors (Lipinski definition) is 2. The van der Waals surface area contributed by atoms with Crippen LogP contribution in [0.5, 0.6) is 0 Å². The Kier molecular flexibility index (Phi) is 5.90. The zero-order valence-electron chi connectivity index (χ0n) is 18.3. The molecule has 1 amide bonds. The third-order valence-corrected chi connectivity index (χ3v) is 6.59. The summed E-state index contributed by atoms with van der Waals surface area (Å²) in [6.45, 7) is 0. The highest BCUT2D eigenvalue weighted by Crippen LogP contribution is 2.26. The van der Waals surface area contributed by atoms with Crippen molar-refractivity contribution in [2.75, 3.05) is 10.0 Å². The Morgan fingerprint density at radius 2 is 1.49 bits per heavy atom. The second-order valence-corrected chi connectivity index (χ2v) is 9.34. The summed E-state index contributed by atoms with van der Waals surface area (Å²) in [5, 5.41) is 2.76. The Balaban J connectivity index is 1.41. The molecule has 2 heterocycles. The minimum atomic E-state index is -3.74. The van der Waals surface area contributed by atoms with Gasteiger partial charge in [-0.1, -0.05) is 42.5 Å². The van der Waals surface area contributed by atoms with Crippen LogP contribution in [0.25, 0.3) is 22.2 Å². The largest absolute Gasteiger partial charge is 0.305 e. The highest BCUT2D eigenvalue weighted by atomic mass is 32.2. The van der Waals surface area contributed by atoms with Gasteiger partial charge in [-0.3, -0.25) is 19.5 Å². The molecule has 0 aliphatic rings. The molecule has 0 aliphatic carbocycles. The highest BCUT2D eigenvalue weighted by Gasteiger charge is 2.14. The molecule has 5 rings (SSSR count). The van der Waals surface area contributed by atoms with Crippen molar-refractivity contribution in [1.29, 1.82) is 0 Å². The number of rotatable bonds is 6. The molecule has 3 aromatic carbocycles. The summed E-state index contributed by atoms with van der Waals surface area (Å²) in [5.41, 5.74) is 3.54. The molecule has 5 aromatic rings. The Labute approximate surface area is 201 Å². The number of pyridine rings is 1. The van der Waals surface area contributed by atoms with E-state index in [0.29, 0.717) is 33.7 Å². The Bertz CT molecular complexity index is 1630. The molecule has 0 spiro atoms. The van der Waals surface area contributed by atoms with Gasteiger partial charge in [-0.15, -0.1) is 0 Å². The van der Waals surface area contributed by atoms with E-state index in [9.17, 15) is 13.2 Å².